The lowest BCUT2D eigenvalue weighted by Gasteiger charge is -2.28. The van der Waals surface area contributed by atoms with Gasteiger partial charge in [0.15, 0.2) is 0 Å². The molecule has 29 heavy (non-hydrogen) atoms. The number of aryl methyl sites for hydroxylation is 1. The molecule has 0 aromatic carbocycles. The van der Waals surface area contributed by atoms with Gasteiger partial charge in [-0.05, 0) is 25.3 Å². The Kier molecular flexibility index (Phi) is 5.71. The molecule has 1 aliphatic carbocycles. The summed E-state index contributed by atoms with van der Waals surface area (Å²) >= 11 is 6.37. The van der Waals surface area contributed by atoms with Crippen LogP contribution in [-0.4, -0.2) is 39.2 Å². The van der Waals surface area contributed by atoms with Crippen LogP contribution in [0.3, 0.4) is 0 Å². The highest BCUT2D eigenvalue weighted by molar-refractivity contribution is 6.33. The Bertz CT molecular complexity index is 929. The second kappa shape index (κ2) is 8.41. The fourth-order valence-corrected chi connectivity index (χ4v) is 4.25. The lowest BCUT2D eigenvalue weighted by atomic mass is 9.85. The van der Waals surface area contributed by atoms with Crippen molar-refractivity contribution in [3.8, 4) is 17.0 Å². The van der Waals surface area contributed by atoms with E-state index >= 15 is 0 Å². The van der Waals surface area contributed by atoms with Crippen LogP contribution >= 0.6 is 11.6 Å². The minimum absolute atomic E-state index is 0.0434. The highest BCUT2D eigenvalue weighted by Crippen LogP contribution is 2.37. The van der Waals surface area contributed by atoms with E-state index < -0.39 is 0 Å². The molecule has 1 fully saturated rings. The van der Waals surface area contributed by atoms with Crippen molar-refractivity contribution in [2.24, 2.45) is 5.92 Å². The second-order valence-electron chi connectivity index (χ2n) is 7.59. The molecule has 0 saturated heterocycles. The van der Waals surface area contributed by atoms with Crippen LogP contribution in [0.4, 0.5) is 5.82 Å². The number of fused-ring (bicyclic) bond motifs is 1. The van der Waals surface area contributed by atoms with Crippen LogP contribution in [0.5, 0.6) is 5.88 Å². The molecular weight excluding hydrogens is 394 g/mol. The normalized spacial score (nSPS) is 21.0. The maximum atomic E-state index is 12.8. The molecule has 8 nitrogen and oxygen atoms in total. The first-order valence-electron chi connectivity index (χ1n) is 9.93. The molecule has 2 atom stereocenters. The number of ether oxygens (including phenoxy) is 1. The first kappa shape index (κ1) is 19.7. The van der Waals surface area contributed by atoms with E-state index in [1.54, 1.807) is 12.3 Å². The number of halogens is 1. The Balaban J connectivity index is 1.50. The topological polar surface area (TPSA) is 98.1 Å². The molecular formula is C20H24ClN5O3. The molecule has 0 spiro atoms. The predicted octanol–water partition coefficient (Wildman–Crippen LogP) is 3.01. The number of carbonyl (C=O) groups is 2. The number of aromatic nitrogens is 3. The van der Waals surface area contributed by atoms with E-state index in [4.69, 9.17) is 16.3 Å². The van der Waals surface area contributed by atoms with Crippen molar-refractivity contribution >= 4 is 29.2 Å². The number of hydrogen-bond acceptors (Lipinski definition) is 5. The van der Waals surface area contributed by atoms with E-state index in [1.165, 1.54) is 13.1 Å². The Morgan fingerprint density at radius 1 is 1.24 bits per heavy atom. The molecule has 1 saturated carbocycles. The number of pyridine rings is 1. The zero-order valence-corrected chi connectivity index (χ0v) is 17.0. The van der Waals surface area contributed by atoms with Crippen LogP contribution in [-0.2, 0) is 16.1 Å². The van der Waals surface area contributed by atoms with Gasteiger partial charge in [-0.15, -0.1) is 0 Å². The second-order valence-corrected chi connectivity index (χ2v) is 8.00. The third-order valence-corrected chi connectivity index (χ3v) is 5.69. The van der Waals surface area contributed by atoms with Crippen LogP contribution < -0.4 is 15.4 Å². The molecule has 0 bridgehead atoms. The Labute approximate surface area is 174 Å². The molecule has 3 heterocycles. The first-order valence-corrected chi connectivity index (χ1v) is 10.3. The largest absolute Gasteiger partial charge is 0.477 e. The average Bonchev–Trinajstić information content (AvgIpc) is 3.13. The monoisotopic (exact) mass is 417 g/mol. The molecule has 2 aromatic rings. The van der Waals surface area contributed by atoms with E-state index in [0.29, 0.717) is 29.7 Å². The van der Waals surface area contributed by atoms with Crippen molar-refractivity contribution in [1.82, 2.24) is 20.1 Å². The van der Waals surface area contributed by atoms with Gasteiger partial charge in [0.1, 0.15) is 5.82 Å². The minimum atomic E-state index is -0.159. The number of anilines is 1. The Hall–Kier alpha value is -2.61. The SMILES string of the molecule is CC(=O)N[C@@H]1CCC[C@H](C(=O)Nc2cc(-c3cnn4c3OCCC4)c(Cl)cn2)C1. The zero-order valence-electron chi connectivity index (χ0n) is 16.3. The number of nitrogens with zero attached hydrogens (tertiary/aromatic N) is 3. The zero-order chi connectivity index (χ0) is 20.4. The summed E-state index contributed by atoms with van der Waals surface area (Å²) < 4.78 is 7.58. The number of carbonyl (C=O) groups excluding carboxylic acids is 2. The summed E-state index contributed by atoms with van der Waals surface area (Å²) in [6.45, 7) is 2.95. The van der Waals surface area contributed by atoms with E-state index in [0.717, 1.165) is 43.4 Å². The highest BCUT2D eigenvalue weighted by Gasteiger charge is 2.28. The fourth-order valence-electron chi connectivity index (χ4n) is 4.04. The molecule has 2 aliphatic rings. The summed E-state index contributed by atoms with van der Waals surface area (Å²) in [4.78, 5) is 28.4. The first-order chi connectivity index (χ1) is 14.0. The van der Waals surface area contributed by atoms with Gasteiger partial charge in [-0.3, -0.25) is 9.59 Å². The van der Waals surface area contributed by atoms with Gasteiger partial charge in [0, 0.05) is 43.6 Å². The standard InChI is InChI=1S/C20H24ClN5O3/c1-12(27)24-14-5-2-4-13(8-14)19(28)25-18-9-15(17(21)11-22-18)16-10-23-26-6-3-7-29-20(16)26/h9-11,13-14H,2-8H2,1H3,(H,24,27)(H,22,25,28)/t13-,14+/m0/s1. The van der Waals surface area contributed by atoms with Crippen molar-refractivity contribution in [2.75, 3.05) is 11.9 Å². The summed E-state index contributed by atoms with van der Waals surface area (Å²) in [5.74, 6) is 0.813. The van der Waals surface area contributed by atoms with Gasteiger partial charge in [-0.25, -0.2) is 9.67 Å². The third kappa shape index (κ3) is 4.37. The molecule has 2 N–H and O–H groups in total. The van der Waals surface area contributed by atoms with Gasteiger partial charge in [0.25, 0.3) is 0 Å². The lowest BCUT2D eigenvalue weighted by Crippen LogP contribution is -2.40. The third-order valence-electron chi connectivity index (χ3n) is 5.39. The highest BCUT2D eigenvalue weighted by atomic mass is 35.5. The molecule has 0 unspecified atom stereocenters. The van der Waals surface area contributed by atoms with Crippen molar-refractivity contribution in [3.05, 3.63) is 23.5 Å². The van der Waals surface area contributed by atoms with Crippen molar-refractivity contribution < 1.29 is 14.3 Å². The van der Waals surface area contributed by atoms with Crippen LogP contribution in [0.2, 0.25) is 5.02 Å². The lowest BCUT2D eigenvalue weighted by molar-refractivity contribution is -0.123. The van der Waals surface area contributed by atoms with Crippen LogP contribution in [0.25, 0.3) is 11.1 Å². The van der Waals surface area contributed by atoms with Gasteiger partial charge in [0.2, 0.25) is 17.7 Å². The van der Waals surface area contributed by atoms with Crippen molar-refractivity contribution in [2.45, 2.75) is 51.6 Å². The summed E-state index contributed by atoms with van der Waals surface area (Å²) in [6, 6.07) is 1.80. The van der Waals surface area contributed by atoms with Crippen molar-refractivity contribution in [1.29, 1.82) is 0 Å². The maximum absolute atomic E-state index is 12.8. The number of rotatable bonds is 4. The molecule has 1 aliphatic heterocycles. The van der Waals surface area contributed by atoms with Gasteiger partial charge in [-0.1, -0.05) is 18.0 Å². The van der Waals surface area contributed by atoms with E-state index in [9.17, 15) is 9.59 Å². The summed E-state index contributed by atoms with van der Waals surface area (Å²) in [7, 11) is 0. The Morgan fingerprint density at radius 2 is 2.10 bits per heavy atom. The molecule has 2 aromatic heterocycles. The smallest absolute Gasteiger partial charge is 0.228 e. The number of amides is 2. The quantitative estimate of drug-likeness (QED) is 0.796. The minimum Gasteiger partial charge on any atom is -0.477 e. The van der Waals surface area contributed by atoms with Crippen LogP contribution in [0.1, 0.15) is 39.0 Å². The van der Waals surface area contributed by atoms with Gasteiger partial charge in [-0.2, -0.15) is 5.10 Å². The van der Waals surface area contributed by atoms with Gasteiger partial charge < -0.3 is 15.4 Å². The number of hydrogen-bond donors (Lipinski definition) is 2. The maximum Gasteiger partial charge on any atom is 0.228 e. The average molecular weight is 418 g/mol. The Morgan fingerprint density at radius 3 is 2.93 bits per heavy atom. The van der Waals surface area contributed by atoms with E-state index in [2.05, 4.69) is 20.7 Å². The van der Waals surface area contributed by atoms with E-state index in [-0.39, 0.29) is 23.8 Å². The van der Waals surface area contributed by atoms with Crippen LogP contribution in [0.15, 0.2) is 18.5 Å². The molecule has 4 rings (SSSR count). The fraction of sp³-hybridized carbons (Fsp3) is 0.500. The molecule has 9 heteroatoms. The number of nitrogens with one attached hydrogen (secondary N) is 2. The molecule has 0 radical (unpaired) electrons. The van der Waals surface area contributed by atoms with E-state index in [1.807, 2.05) is 4.68 Å². The molecule has 154 valence electrons. The van der Waals surface area contributed by atoms with Crippen molar-refractivity contribution in [3.63, 3.8) is 0 Å². The van der Waals surface area contributed by atoms with Gasteiger partial charge in [0.05, 0.1) is 23.4 Å². The summed E-state index contributed by atoms with van der Waals surface area (Å²) in [6.07, 6.45) is 7.42. The van der Waals surface area contributed by atoms with Gasteiger partial charge >= 0.3 is 0 Å². The summed E-state index contributed by atoms with van der Waals surface area (Å²) in [5.41, 5.74) is 1.51. The van der Waals surface area contributed by atoms with Crippen LogP contribution in [0, 0.1) is 5.92 Å². The predicted molar refractivity (Wildman–Crippen MR) is 109 cm³/mol. The molecule has 2 amide bonds. The summed E-state index contributed by atoms with van der Waals surface area (Å²) in [5, 5.41) is 10.7.